The van der Waals surface area contributed by atoms with Gasteiger partial charge < -0.3 is 15.2 Å². The number of anilines is 1. The van der Waals surface area contributed by atoms with Crippen molar-refractivity contribution in [2.45, 2.75) is 44.9 Å². The quantitative estimate of drug-likeness (QED) is 0.249. The molecule has 0 bridgehead atoms. The molecular formula is C21H30N2O5S. The number of carboxylic acids is 1. The Morgan fingerprint density at radius 1 is 1.21 bits per heavy atom. The lowest BCUT2D eigenvalue weighted by Gasteiger charge is -2.18. The summed E-state index contributed by atoms with van der Waals surface area (Å²) in [6.45, 7) is 9.92. The van der Waals surface area contributed by atoms with Crippen LogP contribution >= 0.6 is 0 Å². The highest BCUT2D eigenvalue weighted by Crippen LogP contribution is 2.35. The molecule has 0 spiro atoms. The average molecular weight is 423 g/mol. The minimum absolute atomic E-state index is 0.0652. The summed E-state index contributed by atoms with van der Waals surface area (Å²) in [4.78, 5) is 11.4. The fourth-order valence-corrected chi connectivity index (χ4v) is 3.65. The van der Waals surface area contributed by atoms with Gasteiger partial charge in [-0.15, -0.1) is 0 Å². The van der Waals surface area contributed by atoms with E-state index < -0.39 is 16.0 Å². The highest BCUT2D eigenvalue weighted by molar-refractivity contribution is 7.89. The van der Waals surface area contributed by atoms with Crippen molar-refractivity contribution < 1.29 is 23.1 Å². The van der Waals surface area contributed by atoms with Gasteiger partial charge in [0.2, 0.25) is 10.0 Å². The Hall–Kier alpha value is -2.58. The maximum atomic E-state index is 12.9. The molecule has 0 amide bonds. The van der Waals surface area contributed by atoms with E-state index >= 15 is 0 Å². The second-order valence-corrected chi connectivity index (χ2v) is 8.07. The molecule has 0 saturated heterocycles. The lowest BCUT2D eigenvalue weighted by molar-refractivity contribution is 0.0696. The Kier molecular flexibility index (Phi) is 10.2. The Morgan fingerprint density at radius 2 is 1.93 bits per heavy atom. The SMILES string of the molecule is C=C/C=C\C=C(/C)Oc1c(NCCCC)cc(C(=O)O)cc1S(=O)(=O)NCCC. The van der Waals surface area contributed by atoms with E-state index in [9.17, 15) is 18.3 Å². The Labute approximate surface area is 173 Å². The zero-order chi connectivity index (χ0) is 21.9. The van der Waals surface area contributed by atoms with Gasteiger partial charge in [-0.25, -0.2) is 17.9 Å². The van der Waals surface area contributed by atoms with E-state index in [2.05, 4.69) is 16.6 Å². The van der Waals surface area contributed by atoms with Crippen LogP contribution in [0.2, 0.25) is 0 Å². The van der Waals surface area contributed by atoms with Crippen molar-refractivity contribution >= 4 is 21.7 Å². The maximum absolute atomic E-state index is 12.9. The molecule has 1 aromatic carbocycles. The van der Waals surface area contributed by atoms with Gasteiger partial charge in [-0.2, -0.15) is 0 Å². The molecule has 3 N–H and O–H groups in total. The van der Waals surface area contributed by atoms with Gasteiger partial charge in [0.25, 0.3) is 0 Å². The van der Waals surface area contributed by atoms with Gasteiger partial charge in [0, 0.05) is 13.1 Å². The number of nitrogens with one attached hydrogen (secondary N) is 2. The Balaban J connectivity index is 3.57. The summed E-state index contributed by atoms with van der Waals surface area (Å²) in [5, 5.41) is 12.6. The molecule has 0 radical (unpaired) electrons. The number of carbonyl (C=O) groups is 1. The van der Waals surface area contributed by atoms with E-state index in [4.69, 9.17) is 4.74 Å². The van der Waals surface area contributed by atoms with Gasteiger partial charge in [0.05, 0.1) is 11.3 Å². The highest BCUT2D eigenvalue weighted by atomic mass is 32.2. The van der Waals surface area contributed by atoms with Crippen molar-refractivity contribution in [2.24, 2.45) is 0 Å². The van der Waals surface area contributed by atoms with Crippen molar-refractivity contribution in [2.75, 3.05) is 18.4 Å². The van der Waals surface area contributed by atoms with Crippen molar-refractivity contribution in [3.8, 4) is 5.75 Å². The third kappa shape index (κ3) is 7.75. The predicted octanol–water partition coefficient (Wildman–Crippen LogP) is 4.31. The molecule has 0 aromatic heterocycles. The summed E-state index contributed by atoms with van der Waals surface area (Å²) in [6, 6.07) is 2.51. The first-order chi connectivity index (χ1) is 13.8. The van der Waals surface area contributed by atoms with Crippen molar-refractivity contribution in [1.29, 1.82) is 0 Å². The van der Waals surface area contributed by atoms with Crippen molar-refractivity contribution in [1.82, 2.24) is 4.72 Å². The largest absolute Gasteiger partial charge is 0.478 e. The second-order valence-electron chi connectivity index (χ2n) is 6.33. The van der Waals surface area contributed by atoms with Gasteiger partial charge in [-0.05, 0) is 38.0 Å². The number of ether oxygens (including phenoxy) is 1. The summed E-state index contributed by atoms with van der Waals surface area (Å²) in [5.74, 6) is -0.713. The van der Waals surface area contributed by atoms with E-state index in [0.717, 1.165) is 18.9 Å². The first-order valence-electron chi connectivity index (χ1n) is 9.55. The van der Waals surface area contributed by atoms with Crippen LogP contribution in [0.3, 0.4) is 0 Å². The Morgan fingerprint density at radius 3 is 2.52 bits per heavy atom. The molecule has 0 unspecified atom stereocenters. The molecule has 0 heterocycles. The van der Waals surface area contributed by atoms with E-state index in [1.54, 1.807) is 31.2 Å². The summed E-state index contributed by atoms with van der Waals surface area (Å²) in [5.41, 5.74) is 0.178. The first-order valence-corrected chi connectivity index (χ1v) is 11.0. The van der Waals surface area contributed by atoms with Gasteiger partial charge in [0.1, 0.15) is 10.7 Å². The molecule has 0 aliphatic carbocycles. The number of hydrogen-bond donors (Lipinski definition) is 3. The zero-order valence-electron chi connectivity index (χ0n) is 17.2. The topological polar surface area (TPSA) is 105 Å². The van der Waals surface area contributed by atoms with Crippen molar-refractivity contribution in [3.63, 3.8) is 0 Å². The molecule has 0 aliphatic rings. The van der Waals surface area contributed by atoms with Gasteiger partial charge in [-0.3, -0.25) is 0 Å². The summed E-state index contributed by atoms with van der Waals surface area (Å²) in [6.07, 6.45) is 9.05. The van der Waals surface area contributed by atoms with E-state index in [1.807, 2.05) is 13.8 Å². The average Bonchev–Trinajstić information content (AvgIpc) is 2.67. The molecule has 0 saturated carbocycles. The summed E-state index contributed by atoms with van der Waals surface area (Å²) >= 11 is 0. The number of aromatic carboxylic acids is 1. The van der Waals surface area contributed by atoms with Crippen LogP contribution in [-0.4, -0.2) is 32.6 Å². The van der Waals surface area contributed by atoms with Crippen LogP contribution in [0.4, 0.5) is 5.69 Å². The first kappa shape index (κ1) is 24.5. The number of rotatable bonds is 13. The van der Waals surface area contributed by atoms with Crippen LogP contribution in [0.1, 0.15) is 50.4 Å². The third-order valence-corrected chi connectivity index (χ3v) is 5.29. The summed E-state index contributed by atoms with van der Waals surface area (Å²) in [7, 11) is -3.97. The number of hydrogen-bond acceptors (Lipinski definition) is 5. The normalized spacial score (nSPS) is 12.2. The van der Waals surface area contributed by atoms with Crippen LogP contribution in [0.15, 0.2) is 53.7 Å². The molecule has 0 fully saturated rings. The predicted molar refractivity (Wildman–Crippen MR) is 116 cm³/mol. The molecule has 8 heteroatoms. The zero-order valence-corrected chi connectivity index (χ0v) is 18.0. The fourth-order valence-electron chi connectivity index (χ4n) is 2.34. The third-order valence-electron chi connectivity index (χ3n) is 3.82. The van der Waals surface area contributed by atoms with Crippen LogP contribution in [0.5, 0.6) is 5.75 Å². The number of allylic oxidation sites excluding steroid dienone is 5. The molecule has 160 valence electrons. The second kappa shape index (κ2) is 12.1. The molecule has 0 atom stereocenters. The monoisotopic (exact) mass is 422 g/mol. The lowest BCUT2D eigenvalue weighted by atomic mass is 10.1. The Bertz CT molecular complexity index is 873. The van der Waals surface area contributed by atoms with Gasteiger partial charge in [0.15, 0.2) is 5.75 Å². The number of unbranched alkanes of at least 4 members (excludes halogenated alkanes) is 1. The summed E-state index contributed by atoms with van der Waals surface area (Å²) < 4.78 is 34.0. The van der Waals surface area contributed by atoms with Crippen LogP contribution in [0, 0.1) is 0 Å². The maximum Gasteiger partial charge on any atom is 0.335 e. The number of carboxylic acid groups (broad SMARTS) is 1. The van der Waals surface area contributed by atoms with Crippen LogP contribution in [0.25, 0.3) is 0 Å². The number of benzene rings is 1. The fraction of sp³-hybridized carbons (Fsp3) is 0.381. The molecule has 0 aliphatic heterocycles. The number of sulfonamides is 1. The lowest BCUT2D eigenvalue weighted by Crippen LogP contribution is -2.25. The molecule has 1 aromatic rings. The van der Waals surface area contributed by atoms with Crippen molar-refractivity contribution in [3.05, 3.63) is 54.3 Å². The minimum atomic E-state index is -3.97. The molecule has 7 nitrogen and oxygen atoms in total. The van der Waals surface area contributed by atoms with Crippen LogP contribution < -0.4 is 14.8 Å². The minimum Gasteiger partial charge on any atom is -0.478 e. The molecular weight excluding hydrogens is 392 g/mol. The molecule has 1 rings (SSSR count). The van der Waals surface area contributed by atoms with E-state index in [-0.39, 0.29) is 22.8 Å². The van der Waals surface area contributed by atoms with Crippen LogP contribution in [-0.2, 0) is 10.0 Å². The smallest absolute Gasteiger partial charge is 0.335 e. The molecule has 29 heavy (non-hydrogen) atoms. The van der Waals surface area contributed by atoms with Gasteiger partial charge >= 0.3 is 5.97 Å². The van der Waals surface area contributed by atoms with E-state index in [0.29, 0.717) is 24.4 Å². The highest BCUT2D eigenvalue weighted by Gasteiger charge is 2.25. The standard InChI is InChI=1S/C21H30N2O5S/c1-5-8-10-11-16(4)28-20-18(22-13-9-6-2)14-17(21(24)25)15-19(20)29(26,27)23-12-7-3/h5,8,10-11,14-15,22-23H,1,6-7,9,12-13H2,2-4H3,(H,24,25)/b10-8-,16-11+. The van der Waals surface area contributed by atoms with E-state index in [1.165, 1.54) is 6.07 Å². The van der Waals surface area contributed by atoms with Gasteiger partial charge in [-0.1, -0.05) is 45.1 Å².